The second-order valence-corrected chi connectivity index (χ2v) is 4.07. The number of nitrogens with zero attached hydrogens (tertiary/aromatic N) is 1. The lowest BCUT2D eigenvalue weighted by atomic mass is 10.1. The maximum Gasteiger partial charge on any atom is 0.268 e. The van der Waals surface area contributed by atoms with Crippen LogP contribution in [0.2, 0.25) is 0 Å². The van der Waals surface area contributed by atoms with Crippen molar-refractivity contribution in [3.05, 3.63) is 35.4 Å². The fraction of sp³-hybridized carbons (Fsp3) is 0.333. The number of aliphatic hydroxyl groups excluding tert-OH is 1. The van der Waals surface area contributed by atoms with Crippen molar-refractivity contribution in [2.24, 2.45) is 0 Å². The number of benzene rings is 1. The zero-order valence-electron chi connectivity index (χ0n) is 9.40. The van der Waals surface area contributed by atoms with Crippen molar-refractivity contribution in [1.82, 2.24) is 4.90 Å². The first-order valence-electron chi connectivity index (χ1n) is 5.40. The first kappa shape index (κ1) is 12.6. The number of halogens is 2. The van der Waals surface area contributed by atoms with Crippen LogP contribution in [0.1, 0.15) is 27.1 Å². The number of rotatable bonds is 4. The van der Waals surface area contributed by atoms with Crippen LogP contribution in [0.3, 0.4) is 0 Å². The molecule has 2 rings (SSSR count). The lowest BCUT2D eigenvalue weighted by molar-refractivity contribution is -0.0393. The summed E-state index contributed by atoms with van der Waals surface area (Å²) < 4.78 is 26.7. The molecule has 0 atom stereocenters. The highest BCUT2D eigenvalue weighted by atomic mass is 19.3. The van der Waals surface area contributed by atoms with Gasteiger partial charge < -0.3 is 5.11 Å². The average molecular weight is 255 g/mol. The van der Waals surface area contributed by atoms with Gasteiger partial charge >= 0.3 is 0 Å². The summed E-state index contributed by atoms with van der Waals surface area (Å²) in [4.78, 5) is 24.1. The van der Waals surface area contributed by atoms with Gasteiger partial charge in [0.2, 0.25) is 0 Å². The summed E-state index contributed by atoms with van der Waals surface area (Å²) in [7, 11) is 0. The smallest absolute Gasteiger partial charge is 0.268 e. The highest BCUT2D eigenvalue weighted by Gasteiger charge is 2.41. The zero-order valence-corrected chi connectivity index (χ0v) is 9.40. The van der Waals surface area contributed by atoms with Crippen LogP contribution in [0.4, 0.5) is 8.78 Å². The highest BCUT2D eigenvalue weighted by Crippen LogP contribution is 2.27. The van der Waals surface area contributed by atoms with Gasteiger partial charge in [0.15, 0.2) is 0 Å². The number of fused-ring (bicyclic) bond motifs is 1. The molecule has 1 aromatic rings. The maximum absolute atomic E-state index is 13.3. The second kappa shape index (κ2) is 4.45. The summed E-state index contributed by atoms with van der Waals surface area (Å²) in [5, 5.41) is 8.51. The summed E-state index contributed by atoms with van der Waals surface area (Å²) in [6, 6.07) is 6.00. The molecule has 96 valence electrons. The van der Waals surface area contributed by atoms with Crippen LogP contribution < -0.4 is 0 Å². The van der Waals surface area contributed by atoms with E-state index in [2.05, 4.69) is 0 Å². The van der Waals surface area contributed by atoms with Gasteiger partial charge in [0.05, 0.1) is 17.7 Å². The van der Waals surface area contributed by atoms with E-state index in [0.29, 0.717) is 4.90 Å². The molecule has 1 aliphatic heterocycles. The molecule has 0 fully saturated rings. The van der Waals surface area contributed by atoms with Gasteiger partial charge in [0, 0.05) is 13.0 Å². The largest absolute Gasteiger partial charge is 0.396 e. The van der Waals surface area contributed by atoms with Gasteiger partial charge in [-0.2, -0.15) is 0 Å². The topological polar surface area (TPSA) is 57.6 Å². The molecule has 0 saturated heterocycles. The van der Waals surface area contributed by atoms with Crippen molar-refractivity contribution in [1.29, 1.82) is 0 Å². The lowest BCUT2D eigenvalue weighted by Gasteiger charge is -2.21. The predicted octanol–water partition coefficient (Wildman–Crippen LogP) is 1.30. The van der Waals surface area contributed by atoms with Gasteiger partial charge in [0.25, 0.3) is 17.7 Å². The standard InChI is InChI=1S/C12H11F2NO3/c13-12(14,5-6-16)7-15-10(17)8-3-1-2-4-9(8)11(15)18/h1-4,16H,5-7H2. The molecular weight excluding hydrogens is 244 g/mol. The van der Waals surface area contributed by atoms with E-state index in [1.807, 2.05) is 0 Å². The third-order valence-electron chi connectivity index (χ3n) is 2.75. The van der Waals surface area contributed by atoms with Crippen molar-refractivity contribution in [3.63, 3.8) is 0 Å². The number of carbonyl (C=O) groups excluding carboxylic acids is 2. The van der Waals surface area contributed by atoms with Gasteiger partial charge in [-0.05, 0) is 12.1 Å². The molecule has 0 saturated carbocycles. The van der Waals surface area contributed by atoms with Crippen LogP contribution >= 0.6 is 0 Å². The molecule has 6 heteroatoms. The average Bonchev–Trinajstić information content (AvgIpc) is 2.55. The van der Waals surface area contributed by atoms with E-state index in [1.165, 1.54) is 12.1 Å². The van der Waals surface area contributed by atoms with Crippen molar-refractivity contribution in [2.75, 3.05) is 13.2 Å². The zero-order chi connectivity index (χ0) is 13.3. The van der Waals surface area contributed by atoms with Crippen LogP contribution in [0.15, 0.2) is 24.3 Å². The molecule has 0 spiro atoms. The molecule has 1 N–H and O–H groups in total. The molecule has 0 unspecified atom stereocenters. The van der Waals surface area contributed by atoms with E-state index in [0.717, 1.165) is 0 Å². The van der Waals surface area contributed by atoms with Crippen LogP contribution in [-0.4, -0.2) is 40.9 Å². The fourth-order valence-electron chi connectivity index (χ4n) is 1.86. The van der Waals surface area contributed by atoms with E-state index < -0.39 is 37.3 Å². The Kier molecular flexibility index (Phi) is 3.13. The van der Waals surface area contributed by atoms with Gasteiger partial charge in [0.1, 0.15) is 0 Å². The molecular formula is C12H11F2NO3. The Hall–Kier alpha value is -1.82. The molecule has 0 bridgehead atoms. The molecule has 1 aromatic carbocycles. The predicted molar refractivity (Wildman–Crippen MR) is 58.5 cm³/mol. The monoisotopic (exact) mass is 255 g/mol. The Morgan fingerprint density at radius 1 is 1.11 bits per heavy atom. The number of hydrogen-bond acceptors (Lipinski definition) is 3. The maximum atomic E-state index is 13.3. The first-order valence-corrected chi connectivity index (χ1v) is 5.40. The number of imide groups is 1. The molecule has 4 nitrogen and oxygen atoms in total. The molecule has 1 aliphatic rings. The van der Waals surface area contributed by atoms with Crippen LogP contribution in [-0.2, 0) is 0 Å². The Balaban J connectivity index is 2.24. The van der Waals surface area contributed by atoms with E-state index in [1.54, 1.807) is 12.1 Å². The summed E-state index contributed by atoms with van der Waals surface area (Å²) in [5.41, 5.74) is 0.282. The normalized spacial score (nSPS) is 15.2. The Morgan fingerprint density at radius 2 is 1.61 bits per heavy atom. The van der Waals surface area contributed by atoms with Gasteiger partial charge in [-0.3, -0.25) is 14.5 Å². The summed E-state index contributed by atoms with van der Waals surface area (Å²) in [5.74, 6) is -4.70. The van der Waals surface area contributed by atoms with Gasteiger partial charge in [-0.15, -0.1) is 0 Å². The van der Waals surface area contributed by atoms with Crippen molar-refractivity contribution in [2.45, 2.75) is 12.3 Å². The third kappa shape index (κ3) is 2.11. The number of aliphatic hydroxyl groups is 1. The fourth-order valence-corrected chi connectivity index (χ4v) is 1.86. The van der Waals surface area contributed by atoms with Crippen molar-refractivity contribution >= 4 is 11.8 Å². The van der Waals surface area contributed by atoms with E-state index in [9.17, 15) is 18.4 Å². The first-order chi connectivity index (χ1) is 8.46. The highest BCUT2D eigenvalue weighted by molar-refractivity contribution is 6.21. The van der Waals surface area contributed by atoms with Crippen LogP contribution in [0.25, 0.3) is 0 Å². The van der Waals surface area contributed by atoms with E-state index in [4.69, 9.17) is 5.11 Å². The minimum atomic E-state index is -3.28. The molecule has 1 heterocycles. The summed E-state index contributed by atoms with van der Waals surface area (Å²) >= 11 is 0. The Morgan fingerprint density at radius 3 is 2.06 bits per heavy atom. The quantitative estimate of drug-likeness (QED) is 0.825. The number of amides is 2. The molecule has 2 amide bonds. The van der Waals surface area contributed by atoms with E-state index >= 15 is 0 Å². The lowest BCUT2D eigenvalue weighted by Crippen LogP contribution is -2.40. The minimum absolute atomic E-state index is 0.141. The number of carbonyl (C=O) groups is 2. The minimum Gasteiger partial charge on any atom is -0.396 e. The van der Waals surface area contributed by atoms with Gasteiger partial charge in [-0.1, -0.05) is 12.1 Å². The molecule has 0 radical (unpaired) electrons. The van der Waals surface area contributed by atoms with Crippen molar-refractivity contribution < 1.29 is 23.5 Å². The second-order valence-electron chi connectivity index (χ2n) is 4.07. The van der Waals surface area contributed by atoms with E-state index in [-0.39, 0.29) is 11.1 Å². The number of alkyl halides is 2. The SMILES string of the molecule is O=C1c2ccccc2C(=O)N1CC(F)(F)CCO. The summed E-state index contributed by atoms with van der Waals surface area (Å²) in [6.07, 6.45) is -0.777. The molecule has 0 aliphatic carbocycles. The third-order valence-corrected chi connectivity index (χ3v) is 2.75. The van der Waals surface area contributed by atoms with Crippen LogP contribution in [0, 0.1) is 0 Å². The van der Waals surface area contributed by atoms with Crippen LogP contribution in [0.5, 0.6) is 0 Å². The summed E-state index contributed by atoms with van der Waals surface area (Å²) in [6.45, 7) is -1.70. The van der Waals surface area contributed by atoms with Gasteiger partial charge in [-0.25, -0.2) is 8.78 Å². The molecule has 0 aromatic heterocycles. The molecule has 18 heavy (non-hydrogen) atoms. The Bertz CT molecular complexity index is 467. The van der Waals surface area contributed by atoms with Crippen molar-refractivity contribution in [3.8, 4) is 0 Å². The Labute approximate surface area is 102 Å². The number of hydrogen-bond donors (Lipinski definition) is 1.